The number of aromatic nitrogens is 2. The second-order valence-electron chi connectivity index (χ2n) is 5.44. The number of anilines is 1. The second-order valence-corrected chi connectivity index (χ2v) is 6.23. The molecule has 0 aromatic carbocycles. The van der Waals surface area contributed by atoms with Gasteiger partial charge in [0.05, 0.1) is 10.2 Å². The highest BCUT2D eigenvalue weighted by Gasteiger charge is 2.29. The molecule has 0 unspecified atom stereocenters. The van der Waals surface area contributed by atoms with Gasteiger partial charge in [-0.1, -0.05) is 6.92 Å². The summed E-state index contributed by atoms with van der Waals surface area (Å²) in [5.74, 6) is 2.56. The fraction of sp³-hybridized carbons (Fsp3) is 0.714. The number of likely N-dealkylation sites (N-methyl/N-ethyl adjacent to an activating group) is 1. The van der Waals surface area contributed by atoms with Gasteiger partial charge >= 0.3 is 0 Å². The number of hydrogen-bond acceptors (Lipinski definition) is 4. The molecule has 0 saturated heterocycles. The van der Waals surface area contributed by atoms with Crippen LogP contribution in [0.25, 0.3) is 0 Å². The van der Waals surface area contributed by atoms with E-state index in [9.17, 15) is 0 Å². The summed E-state index contributed by atoms with van der Waals surface area (Å²) in [7, 11) is 4.16. The first-order chi connectivity index (χ1) is 9.11. The lowest BCUT2D eigenvalue weighted by Gasteiger charge is -2.14. The van der Waals surface area contributed by atoms with Crippen LogP contribution in [0.2, 0.25) is 0 Å². The summed E-state index contributed by atoms with van der Waals surface area (Å²) in [4.78, 5) is 11.6. The summed E-state index contributed by atoms with van der Waals surface area (Å²) in [6, 6.07) is 0. The van der Waals surface area contributed by atoms with Gasteiger partial charge in [-0.15, -0.1) is 0 Å². The van der Waals surface area contributed by atoms with Gasteiger partial charge in [-0.3, -0.25) is 0 Å². The third kappa shape index (κ3) is 4.14. The van der Waals surface area contributed by atoms with Gasteiger partial charge in [-0.05, 0) is 49.3 Å². The molecule has 1 aliphatic carbocycles. The van der Waals surface area contributed by atoms with Crippen LogP contribution in [-0.4, -0.2) is 42.1 Å². The lowest BCUT2D eigenvalue weighted by Crippen LogP contribution is -2.17. The van der Waals surface area contributed by atoms with Crippen molar-refractivity contribution in [3.05, 3.63) is 16.0 Å². The Balaban J connectivity index is 2.20. The summed E-state index contributed by atoms with van der Waals surface area (Å²) in [5, 5.41) is 3.40. The summed E-state index contributed by atoms with van der Waals surface area (Å²) in [5.41, 5.74) is 1.20. The highest BCUT2D eigenvalue weighted by Crippen LogP contribution is 2.43. The Morgan fingerprint density at radius 2 is 2.05 bits per heavy atom. The van der Waals surface area contributed by atoms with E-state index in [0.717, 1.165) is 42.0 Å². The molecule has 0 bridgehead atoms. The molecule has 0 atom stereocenters. The van der Waals surface area contributed by atoms with Crippen molar-refractivity contribution >= 4 is 21.7 Å². The normalized spacial score (nSPS) is 15.0. The van der Waals surface area contributed by atoms with E-state index in [1.165, 1.54) is 18.5 Å². The first-order valence-corrected chi connectivity index (χ1v) is 7.86. The van der Waals surface area contributed by atoms with Crippen LogP contribution in [0.1, 0.15) is 43.6 Å². The maximum atomic E-state index is 4.75. The molecule has 1 N–H and O–H groups in total. The van der Waals surface area contributed by atoms with Gasteiger partial charge in [-0.2, -0.15) is 0 Å². The Hall–Kier alpha value is -0.680. The summed E-state index contributed by atoms with van der Waals surface area (Å²) in [6.07, 6.45) is 4.52. The van der Waals surface area contributed by atoms with Gasteiger partial charge in [-0.25, -0.2) is 9.97 Å². The average molecular weight is 327 g/mol. The van der Waals surface area contributed by atoms with Crippen LogP contribution >= 0.6 is 15.9 Å². The Kier molecular flexibility index (Phi) is 5.16. The highest BCUT2D eigenvalue weighted by atomic mass is 79.9. The first kappa shape index (κ1) is 14.7. The van der Waals surface area contributed by atoms with E-state index in [4.69, 9.17) is 4.98 Å². The molecular weight excluding hydrogens is 304 g/mol. The van der Waals surface area contributed by atoms with Gasteiger partial charge in [0.25, 0.3) is 0 Å². The Labute approximate surface area is 124 Å². The third-order valence-corrected chi connectivity index (χ3v) is 3.99. The topological polar surface area (TPSA) is 41.1 Å². The van der Waals surface area contributed by atoms with E-state index in [0.29, 0.717) is 5.92 Å². The summed E-state index contributed by atoms with van der Waals surface area (Å²) in [6.45, 7) is 4.10. The maximum absolute atomic E-state index is 4.75. The minimum absolute atomic E-state index is 0.637. The zero-order valence-corrected chi connectivity index (χ0v) is 13.6. The lowest BCUT2D eigenvalue weighted by molar-refractivity contribution is 0.409. The molecule has 1 aliphatic rings. The molecule has 5 heteroatoms. The summed E-state index contributed by atoms with van der Waals surface area (Å²) < 4.78 is 1.07. The first-order valence-electron chi connectivity index (χ1n) is 7.06. The van der Waals surface area contributed by atoms with Gasteiger partial charge in [0.15, 0.2) is 0 Å². The van der Waals surface area contributed by atoms with Crippen LogP contribution in [0.15, 0.2) is 4.47 Å². The lowest BCUT2D eigenvalue weighted by atomic mass is 10.2. The zero-order chi connectivity index (χ0) is 13.8. The number of nitrogens with one attached hydrogen (secondary N) is 1. The average Bonchev–Trinajstić information content (AvgIpc) is 3.20. The number of hydrogen-bond donors (Lipinski definition) is 1. The van der Waals surface area contributed by atoms with Crippen LogP contribution < -0.4 is 5.32 Å². The largest absolute Gasteiger partial charge is 0.369 e. The van der Waals surface area contributed by atoms with E-state index in [2.05, 4.69) is 52.1 Å². The standard InChI is InChI=1S/C14H23BrN4/c1-4-8-16-14-12(15)13(10-5-6-10)17-11(18-14)7-9-19(2)3/h10H,4-9H2,1-3H3,(H,16,17,18). The smallest absolute Gasteiger partial charge is 0.144 e. The molecule has 1 fully saturated rings. The van der Waals surface area contributed by atoms with E-state index in [-0.39, 0.29) is 0 Å². The molecule has 1 aromatic heterocycles. The fourth-order valence-corrected chi connectivity index (χ4v) is 2.58. The Morgan fingerprint density at radius 3 is 2.63 bits per heavy atom. The van der Waals surface area contributed by atoms with Crippen molar-refractivity contribution in [2.75, 3.05) is 32.5 Å². The molecule has 106 valence electrons. The molecule has 1 saturated carbocycles. The van der Waals surface area contributed by atoms with E-state index < -0.39 is 0 Å². The molecular formula is C14H23BrN4. The van der Waals surface area contributed by atoms with Gasteiger partial charge in [0, 0.05) is 25.4 Å². The summed E-state index contributed by atoms with van der Waals surface area (Å²) >= 11 is 3.67. The monoisotopic (exact) mass is 326 g/mol. The Morgan fingerprint density at radius 1 is 1.32 bits per heavy atom. The van der Waals surface area contributed by atoms with Crippen molar-refractivity contribution in [2.24, 2.45) is 0 Å². The van der Waals surface area contributed by atoms with E-state index in [1.807, 2.05) is 0 Å². The van der Waals surface area contributed by atoms with Crippen molar-refractivity contribution < 1.29 is 0 Å². The molecule has 0 aliphatic heterocycles. The minimum atomic E-state index is 0.637. The van der Waals surface area contributed by atoms with Crippen molar-refractivity contribution in [3.63, 3.8) is 0 Å². The van der Waals surface area contributed by atoms with Crippen molar-refractivity contribution in [1.82, 2.24) is 14.9 Å². The molecule has 0 amide bonds. The van der Waals surface area contributed by atoms with E-state index in [1.54, 1.807) is 0 Å². The molecule has 2 rings (SSSR count). The number of halogens is 1. The molecule has 1 aromatic rings. The van der Waals surface area contributed by atoms with Gasteiger partial charge in [0.1, 0.15) is 11.6 Å². The van der Waals surface area contributed by atoms with Crippen molar-refractivity contribution in [1.29, 1.82) is 0 Å². The molecule has 0 spiro atoms. The zero-order valence-electron chi connectivity index (χ0n) is 12.0. The predicted molar refractivity (Wildman–Crippen MR) is 82.7 cm³/mol. The number of rotatable bonds is 7. The molecule has 1 heterocycles. The Bertz CT molecular complexity index is 430. The van der Waals surface area contributed by atoms with Crippen LogP contribution in [0.5, 0.6) is 0 Å². The maximum Gasteiger partial charge on any atom is 0.144 e. The highest BCUT2D eigenvalue weighted by molar-refractivity contribution is 9.10. The van der Waals surface area contributed by atoms with E-state index >= 15 is 0 Å². The van der Waals surface area contributed by atoms with Crippen molar-refractivity contribution in [3.8, 4) is 0 Å². The van der Waals surface area contributed by atoms with Crippen LogP contribution in [0.4, 0.5) is 5.82 Å². The molecule has 4 nitrogen and oxygen atoms in total. The minimum Gasteiger partial charge on any atom is -0.369 e. The quantitative estimate of drug-likeness (QED) is 0.836. The van der Waals surface area contributed by atoms with Gasteiger partial charge in [0.2, 0.25) is 0 Å². The predicted octanol–water partition coefficient (Wildman–Crippen LogP) is 3.04. The van der Waals surface area contributed by atoms with Gasteiger partial charge < -0.3 is 10.2 Å². The third-order valence-electron chi connectivity index (χ3n) is 3.21. The fourth-order valence-electron chi connectivity index (χ4n) is 1.94. The van der Waals surface area contributed by atoms with Crippen LogP contribution in [0, 0.1) is 0 Å². The second kappa shape index (κ2) is 6.66. The SMILES string of the molecule is CCCNc1nc(CCN(C)C)nc(C2CC2)c1Br. The number of nitrogens with zero attached hydrogens (tertiary/aromatic N) is 3. The molecule has 0 radical (unpaired) electrons. The van der Waals surface area contributed by atoms with Crippen molar-refractivity contribution in [2.45, 2.75) is 38.5 Å². The molecule has 19 heavy (non-hydrogen) atoms. The van der Waals surface area contributed by atoms with Crippen LogP contribution in [-0.2, 0) is 6.42 Å². The van der Waals surface area contributed by atoms with Crippen LogP contribution in [0.3, 0.4) is 0 Å².